The Morgan fingerprint density at radius 3 is 2.19 bits per heavy atom. The van der Waals surface area contributed by atoms with Crippen molar-refractivity contribution in [3.05, 3.63) is 77.9 Å². The number of carbonyl (C=O) groups is 3. The van der Waals surface area contributed by atoms with Crippen LogP contribution in [0.5, 0.6) is 0 Å². The summed E-state index contributed by atoms with van der Waals surface area (Å²) < 4.78 is 5.50. The third-order valence-corrected chi connectivity index (χ3v) is 7.43. The molecule has 0 aliphatic rings. The Labute approximate surface area is 250 Å². The zero-order valence-electron chi connectivity index (χ0n) is 25.7. The number of benzene rings is 3. The van der Waals surface area contributed by atoms with Crippen molar-refractivity contribution in [1.29, 1.82) is 0 Å². The Bertz CT molecular complexity index is 1450. The highest BCUT2D eigenvalue weighted by molar-refractivity contribution is 6.01. The summed E-state index contributed by atoms with van der Waals surface area (Å²) in [6, 6.07) is 18.4. The number of anilines is 1. The molecular weight excluding hydrogens is 526 g/mol. The summed E-state index contributed by atoms with van der Waals surface area (Å²) in [4.78, 5) is 43.2. The van der Waals surface area contributed by atoms with E-state index in [9.17, 15) is 14.4 Å². The summed E-state index contributed by atoms with van der Waals surface area (Å²) in [5, 5.41) is 7.86. The molecule has 3 aromatic rings. The average Bonchev–Trinajstić information content (AvgIpc) is 2.96. The first-order chi connectivity index (χ1) is 19.9. The van der Waals surface area contributed by atoms with E-state index in [0.717, 1.165) is 10.8 Å². The number of hydrogen-bond acceptors (Lipinski definition) is 4. The van der Waals surface area contributed by atoms with E-state index >= 15 is 0 Å². The molecule has 0 radical (unpaired) electrons. The molecule has 7 heteroatoms. The molecule has 0 fully saturated rings. The van der Waals surface area contributed by atoms with Crippen molar-refractivity contribution in [2.75, 3.05) is 5.32 Å². The Kier molecular flexibility index (Phi) is 10.8. The maximum atomic E-state index is 14.5. The monoisotopic (exact) mass is 569 g/mol. The minimum absolute atomic E-state index is 0.233. The van der Waals surface area contributed by atoms with Crippen LogP contribution in [0.4, 0.5) is 10.5 Å². The van der Waals surface area contributed by atoms with Gasteiger partial charge in [0.15, 0.2) is 0 Å². The number of fused-ring (bicyclic) bond motifs is 1. The van der Waals surface area contributed by atoms with E-state index in [-0.39, 0.29) is 17.9 Å². The fraction of sp³-hybridized carbons (Fsp3) is 0.400. The predicted molar refractivity (Wildman–Crippen MR) is 169 cm³/mol. The van der Waals surface area contributed by atoms with Crippen molar-refractivity contribution in [3.8, 4) is 12.3 Å². The Balaban J connectivity index is 2.11. The fourth-order valence-electron chi connectivity index (χ4n) is 4.84. The van der Waals surface area contributed by atoms with Crippen molar-refractivity contribution < 1.29 is 19.1 Å². The maximum Gasteiger partial charge on any atom is 0.408 e. The van der Waals surface area contributed by atoms with Crippen LogP contribution in [-0.2, 0) is 14.3 Å². The van der Waals surface area contributed by atoms with Gasteiger partial charge in [0, 0.05) is 17.3 Å². The van der Waals surface area contributed by atoms with Gasteiger partial charge < -0.3 is 20.3 Å². The molecule has 3 aromatic carbocycles. The summed E-state index contributed by atoms with van der Waals surface area (Å²) in [5.74, 6) is 1.67. The quantitative estimate of drug-likeness (QED) is 0.256. The Morgan fingerprint density at radius 1 is 0.929 bits per heavy atom. The summed E-state index contributed by atoms with van der Waals surface area (Å²) in [5.41, 5.74) is 0.908. The van der Waals surface area contributed by atoms with Gasteiger partial charge in [-0.25, -0.2) is 4.79 Å². The number of rotatable bonds is 10. The van der Waals surface area contributed by atoms with Crippen LogP contribution >= 0.6 is 0 Å². The second-order valence-electron chi connectivity index (χ2n) is 11.7. The van der Waals surface area contributed by atoms with Gasteiger partial charge in [-0.2, -0.15) is 0 Å². The van der Waals surface area contributed by atoms with Gasteiger partial charge in [-0.3, -0.25) is 9.59 Å². The molecule has 42 heavy (non-hydrogen) atoms. The summed E-state index contributed by atoms with van der Waals surface area (Å²) in [7, 11) is 0. The standard InChI is InChI=1S/C35H43N3O4/c1-9-23(4)30(37-34(41)42-35(6,7)8)33(40)38(24(5)10-2)31(29-19-15-14-16-25(29)11-3)32(39)36-28-21-20-26-17-12-13-18-27(26)22-28/h3,12-24,30-31H,9-10H2,1-2,4-8H3,(H,36,39)(H,37,41). The van der Waals surface area contributed by atoms with Crippen molar-refractivity contribution in [2.24, 2.45) is 5.92 Å². The topological polar surface area (TPSA) is 87.7 Å². The number of alkyl carbamates (subject to hydrolysis) is 1. The lowest BCUT2D eigenvalue weighted by atomic mass is 9.92. The van der Waals surface area contributed by atoms with Gasteiger partial charge in [0.05, 0.1) is 0 Å². The zero-order valence-corrected chi connectivity index (χ0v) is 25.7. The second kappa shape index (κ2) is 14.0. The van der Waals surface area contributed by atoms with Crippen LogP contribution in [0, 0.1) is 18.3 Å². The minimum Gasteiger partial charge on any atom is -0.444 e. The van der Waals surface area contributed by atoms with Gasteiger partial charge in [-0.05, 0) is 74.6 Å². The maximum absolute atomic E-state index is 14.5. The number of nitrogens with zero attached hydrogens (tertiary/aromatic N) is 1. The van der Waals surface area contributed by atoms with Crippen LogP contribution in [0.2, 0.25) is 0 Å². The van der Waals surface area contributed by atoms with Crippen molar-refractivity contribution >= 4 is 34.4 Å². The molecular formula is C35H43N3O4. The number of amides is 3. The molecule has 0 saturated carbocycles. The summed E-state index contributed by atoms with van der Waals surface area (Å²) in [6.45, 7) is 13.0. The predicted octanol–water partition coefficient (Wildman–Crippen LogP) is 7.07. The smallest absolute Gasteiger partial charge is 0.408 e. The highest BCUT2D eigenvalue weighted by Gasteiger charge is 2.40. The van der Waals surface area contributed by atoms with Crippen LogP contribution in [0.15, 0.2) is 66.7 Å². The molecule has 0 aliphatic carbocycles. The first-order valence-corrected chi connectivity index (χ1v) is 14.6. The van der Waals surface area contributed by atoms with Gasteiger partial charge in [0.2, 0.25) is 5.91 Å². The SMILES string of the molecule is C#Cc1ccccc1C(C(=O)Nc1ccc2ccccc2c1)N(C(=O)C(NC(=O)OC(C)(C)C)C(C)CC)C(C)CC. The molecule has 4 unspecified atom stereocenters. The van der Waals surface area contributed by atoms with E-state index < -0.39 is 29.7 Å². The van der Waals surface area contributed by atoms with Crippen LogP contribution in [0.3, 0.4) is 0 Å². The number of carbonyl (C=O) groups excluding carboxylic acids is 3. The van der Waals surface area contributed by atoms with Crippen LogP contribution in [0.1, 0.15) is 78.5 Å². The lowest BCUT2D eigenvalue weighted by Gasteiger charge is -2.39. The molecule has 2 N–H and O–H groups in total. The van der Waals surface area contributed by atoms with E-state index in [4.69, 9.17) is 11.2 Å². The van der Waals surface area contributed by atoms with E-state index in [1.165, 1.54) is 0 Å². The lowest BCUT2D eigenvalue weighted by molar-refractivity contribution is -0.144. The Hall–Kier alpha value is -4.31. The fourth-order valence-corrected chi connectivity index (χ4v) is 4.84. The normalized spacial score (nSPS) is 14.1. The van der Waals surface area contributed by atoms with Crippen molar-refractivity contribution in [1.82, 2.24) is 10.2 Å². The van der Waals surface area contributed by atoms with E-state index in [2.05, 4.69) is 16.6 Å². The average molecular weight is 570 g/mol. The van der Waals surface area contributed by atoms with Gasteiger partial charge in [0.25, 0.3) is 5.91 Å². The van der Waals surface area contributed by atoms with Crippen LogP contribution < -0.4 is 10.6 Å². The third kappa shape index (κ3) is 7.91. The minimum atomic E-state index is -1.06. The molecule has 0 heterocycles. The largest absolute Gasteiger partial charge is 0.444 e. The van der Waals surface area contributed by atoms with Crippen molar-refractivity contribution in [2.45, 2.75) is 85.0 Å². The molecule has 3 rings (SSSR count). The lowest BCUT2D eigenvalue weighted by Crippen LogP contribution is -2.57. The summed E-state index contributed by atoms with van der Waals surface area (Å²) >= 11 is 0. The van der Waals surface area contributed by atoms with Crippen LogP contribution in [0.25, 0.3) is 10.8 Å². The third-order valence-electron chi connectivity index (χ3n) is 7.43. The molecule has 0 aromatic heterocycles. The first kappa shape index (κ1) is 32.2. The van der Waals surface area contributed by atoms with Gasteiger partial charge in [-0.15, -0.1) is 6.42 Å². The number of ether oxygens (including phenoxy) is 1. The molecule has 4 atom stereocenters. The molecule has 0 spiro atoms. The molecule has 3 amide bonds. The summed E-state index contributed by atoms with van der Waals surface area (Å²) in [6.07, 6.45) is 6.39. The molecule has 7 nitrogen and oxygen atoms in total. The number of terminal acetylenes is 1. The number of nitrogens with one attached hydrogen (secondary N) is 2. The van der Waals surface area contributed by atoms with E-state index in [1.807, 2.05) is 70.2 Å². The zero-order chi connectivity index (χ0) is 31.0. The van der Waals surface area contributed by atoms with E-state index in [1.54, 1.807) is 49.9 Å². The van der Waals surface area contributed by atoms with Crippen LogP contribution in [-0.4, -0.2) is 40.5 Å². The van der Waals surface area contributed by atoms with Gasteiger partial charge >= 0.3 is 6.09 Å². The highest BCUT2D eigenvalue weighted by atomic mass is 16.6. The second-order valence-corrected chi connectivity index (χ2v) is 11.7. The molecule has 0 saturated heterocycles. The van der Waals surface area contributed by atoms with Crippen molar-refractivity contribution in [3.63, 3.8) is 0 Å². The molecule has 0 aliphatic heterocycles. The molecule has 222 valence electrons. The van der Waals surface area contributed by atoms with Gasteiger partial charge in [-0.1, -0.05) is 81.6 Å². The molecule has 0 bridgehead atoms. The van der Waals surface area contributed by atoms with Gasteiger partial charge in [0.1, 0.15) is 17.7 Å². The number of hydrogen-bond donors (Lipinski definition) is 2. The highest BCUT2D eigenvalue weighted by Crippen LogP contribution is 2.31. The Morgan fingerprint density at radius 2 is 1.57 bits per heavy atom. The first-order valence-electron chi connectivity index (χ1n) is 14.6. The van der Waals surface area contributed by atoms with E-state index in [0.29, 0.717) is 29.7 Å².